The van der Waals surface area contributed by atoms with Crippen LogP contribution in [0, 0.1) is 5.41 Å². The summed E-state index contributed by atoms with van der Waals surface area (Å²) in [5.41, 5.74) is 0.575. The summed E-state index contributed by atoms with van der Waals surface area (Å²) in [4.78, 5) is 2.69. The third-order valence-corrected chi connectivity index (χ3v) is 3.95. The van der Waals surface area contributed by atoms with Crippen LogP contribution in [0.25, 0.3) is 0 Å². The number of nitrogens with zero attached hydrogens (tertiary/aromatic N) is 1. The van der Waals surface area contributed by atoms with Gasteiger partial charge in [0.25, 0.3) is 0 Å². The van der Waals surface area contributed by atoms with Gasteiger partial charge < -0.3 is 5.32 Å². The average Bonchev–Trinajstić information content (AvgIpc) is 2.25. The molecule has 0 aromatic rings. The van der Waals surface area contributed by atoms with Crippen LogP contribution in [-0.2, 0) is 0 Å². The molecular formula is C14H30N2. The fourth-order valence-corrected chi connectivity index (χ4v) is 2.47. The lowest BCUT2D eigenvalue weighted by molar-refractivity contribution is 0.0911. The fourth-order valence-electron chi connectivity index (χ4n) is 2.47. The minimum atomic E-state index is 0.575. The van der Waals surface area contributed by atoms with Crippen molar-refractivity contribution in [2.24, 2.45) is 5.41 Å². The first-order valence-corrected chi connectivity index (χ1v) is 7.04. The molecule has 0 bridgehead atoms. The highest BCUT2D eigenvalue weighted by atomic mass is 15.2. The summed E-state index contributed by atoms with van der Waals surface area (Å²) in [6, 6.07) is 0.752. The standard InChI is InChI=1S/C14H30N2/c1-5-9-15-12-13(6-2)16-10-7-14(3,4)8-11-16/h13,15H,5-12H2,1-4H3. The highest BCUT2D eigenvalue weighted by molar-refractivity contribution is 4.83. The molecule has 0 spiro atoms. The fraction of sp³-hybridized carbons (Fsp3) is 1.00. The predicted molar refractivity (Wildman–Crippen MR) is 71.8 cm³/mol. The summed E-state index contributed by atoms with van der Waals surface area (Å²) in [5, 5.41) is 3.56. The zero-order valence-electron chi connectivity index (χ0n) is 11.7. The van der Waals surface area contributed by atoms with Crippen LogP contribution in [0.15, 0.2) is 0 Å². The predicted octanol–water partition coefficient (Wildman–Crippen LogP) is 2.89. The molecule has 1 unspecified atom stereocenters. The normalized spacial score (nSPS) is 23.2. The van der Waals surface area contributed by atoms with E-state index >= 15 is 0 Å². The minimum Gasteiger partial charge on any atom is -0.315 e. The van der Waals surface area contributed by atoms with Crippen LogP contribution in [0.4, 0.5) is 0 Å². The van der Waals surface area contributed by atoms with Gasteiger partial charge in [0.1, 0.15) is 0 Å². The zero-order valence-corrected chi connectivity index (χ0v) is 11.7. The van der Waals surface area contributed by atoms with Crippen molar-refractivity contribution >= 4 is 0 Å². The Bertz CT molecular complexity index is 179. The molecule has 1 N–H and O–H groups in total. The highest BCUT2D eigenvalue weighted by Crippen LogP contribution is 2.30. The summed E-state index contributed by atoms with van der Waals surface area (Å²) < 4.78 is 0. The molecule has 1 atom stereocenters. The first-order valence-electron chi connectivity index (χ1n) is 7.04. The molecule has 0 radical (unpaired) electrons. The molecule has 1 aliphatic rings. The molecule has 2 nitrogen and oxygen atoms in total. The monoisotopic (exact) mass is 226 g/mol. The molecular weight excluding hydrogens is 196 g/mol. The number of rotatable bonds is 6. The Kier molecular flexibility index (Phi) is 5.77. The molecule has 1 aliphatic heterocycles. The molecule has 16 heavy (non-hydrogen) atoms. The summed E-state index contributed by atoms with van der Waals surface area (Å²) >= 11 is 0. The van der Waals surface area contributed by atoms with Gasteiger partial charge >= 0.3 is 0 Å². The first-order chi connectivity index (χ1) is 7.59. The van der Waals surface area contributed by atoms with Crippen LogP contribution in [0.1, 0.15) is 53.4 Å². The summed E-state index contributed by atoms with van der Waals surface area (Å²) in [6.07, 6.45) is 5.23. The lowest BCUT2D eigenvalue weighted by atomic mass is 9.82. The lowest BCUT2D eigenvalue weighted by Gasteiger charge is -2.41. The molecule has 0 amide bonds. The van der Waals surface area contributed by atoms with Gasteiger partial charge in [-0.15, -0.1) is 0 Å². The number of likely N-dealkylation sites (tertiary alicyclic amines) is 1. The quantitative estimate of drug-likeness (QED) is 0.701. The molecule has 1 rings (SSSR count). The smallest absolute Gasteiger partial charge is 0.0218 e. The van der Waals surface area contributed by atoms with E-state index in [-0.39, 0.29) is 0 Å². The molecule has 0 saturated carbocycles. The molecule has 0 aromatic carbocycles. The maximum atomic E-state index is 3.56. The van der Waals surface area contributed by atoms with Crippen molar-refractivity contribution < 1.29 is 0 Å². The Labute approximate surface area is 102 Å². The molecule has 2 heteroatoms. The second kappa shape index (κ2) is 6.61. The van der Waals surface area contributed by atoms with Gasteiger partial charge in [0.2, 0.25) is 0 Å². The Morgan fingerprint density at radius 3 is 2.31 bits per heavy atom. The van der Waals surface area contributed by atoms with E-state index in [1.54, 1.807) is 0 Å². The van der Waals surface area contributed by atoms with Gasteiger partial charge in [-0.05, 0) is 50.7 Å². The Morgan fingerprint density at radius 2 is 1.81 bits per heavy atom. The topological polar surface area (TPSA) is 15.3 Å². The van der Waals surface area contributed by atoms with E-state index in [9.17, 15) is 0 Å². The molecule has 1 heterocycles. The van der Waals surface area contributed by atoms with Gasteiger partial charge in [-0.2, -0.15) is 0 Å². The van der Waals surface area contributed by atoms with Crippen molar-refractivity contribution in [1.82, 2.24) is 10.2 Å². The van der Waals surface area contributed by atoms with Crippen molar-refractivity contribution in [3.8, 4) is 0 Å². The maximum Gasteiger partial charge on any atom is 0.0218 e. The summed E-state index contributed by atoms with van der Waals surface area (Å²) in [5.74, 6) is 0. The van der Waals surface area contributed by atoms with Gasteiger partial charge in [-0.3, -0.25) is 4.90 Å². The van der Waals surface area contributed by atoms with Crippen LogP contribution in [-0.4, -0.2) is 37.1 Å². The minimum absolute atomic E-state index is 0.575. The van der Waals surface area contributed by atoms with Crippen molar-refractivity contribution in [2.75, 3.05) is 26.2 Å². The van der Waals surface area contributed by atoms with E-state index in [4.69, 9.17) is 0 Å². The number of hydrogen-bond donors (Lipinski definition) is 1. The second-order valence-electron chi connectivity index (χ2n) is 5.97. The average molecular weight is 226 g/mol. The van der Waals surface area contributed by atoms with Crippen LogP contribution >= 0.6 is 0 Å². The molecule has 96 valence electrons. The van der Waals surface area contributed by atoms with Gasteiger partial charge in [-0.1, -0.05) is 27.7 Å². The lowest BCUT2D eigenvalue weighted by Crippen LogP contribution is -2.47. The van der Waals surface area contributed by atoms with Gasteiger partial charge in [0.05, 0.1) is 0 Å². The largest absolute Gasteiger partial charge is 0.315 e. The van der Waals surface area contributed by atoms with Gasteiger partial charge in [0, 0.05) is 12.6 Å². The third-order valence-electron chi connectivity index (χ3n) is 3.95. The van der Waals surface area contributed by atoms with Gasteiger partial charge in [-0.25, -0.2) is 0 Å². The number of piperidine rings is 1. The van der Waals surface area contributed by atoms with Crippen LogP contribution in [0.5, 0.6) is 0 Å². The van der Waals surface area contributed by atoms with Crippen molar-refractivity contribution in [2.45, 2.75) is 59.4 Å². The Morgan fingerprint density at radius 1 is 1.19 bits per heavy atom. The first kappa shape index (κ1) is 14.0. The Balaban J connectivity index is 2.31. The molecule has 1 saturated heterocycles. The van der Waals surface area contributed by atoms with Crippen molar-refractivity contribution in [1.29, 1.82) is 0 Å². The molecule has 1 fully saturated rings. The van der Waals surface area contributed by atoms with E-state index in [1.165, 1.54) is 45.3 Å². The van der Waals surface area contributed by atoms with Crippen LogP contribution < -0.4 is 5.32 Å². The van der Waals surface area contributed by atoms with E-state index in [0.29, 0.717) is 5.41 Å². The molecule has 0 aromatic heterocycles. The van der Waals surface area contributed by atoms with Crippen LogP contribution in [0.2, 0.25) is 0 Å². The highest BCUT2D eigenvalue weighted by Gasteiger charge is 2.28. The third kappa shape index (κ3) is 4.42. The SMILES string of the molecule is CCCNCC(CC)N1CCC(C)(C)CC1. The number of hydrogen-bond acceptors (Lipinski definition) is 2. The summed E-state index contributed by atoms with van der Waals surface area (Å²) in [7, 11) is 0. The number of nitrogens with one attached hydrogen (secondary N) is 1. The second-order valence-corrected chi connectivity index (χ2v) is 5.97. The van der Waals surface area contributed by atoms with E-state index < -0.39 is 0 Å². The maximum absolute atomic E-state index is 3.56. The van der Waals surface area contributed by atoms with Crippen molar-refractivity contribution in [3.63, 3.8) is 0 Å². The zero-order chi connectivity index (χ0) is 12.0. The molecule has 0 aliphatic carbocycles. The van der Waals surface area contributed by atoms with Crippen molar-refractivity contribution in [3.05, 3.63) is 0 Å². The van der Waals surface area contributed by atoms with E-state index in [2.05, 4.69) is 37.9 Å². The van der Waals surface area contributed by atoms with E-state index in [0.717, 1.165) is 12.6 Å². The van der Waals surface area contributed by atoms with Crippen LogP contribution in [0.3, 0.4) is 0 Å². The Hall–Kier alpha value is -0.0800. The van der Waals surface area contributed by atoms with Gasteiger partial charge in [0.15, 0.2) is 0 Å². The summed E-state index contributed by atoms with van der Waals surface area (Å²) in [6.45, 7) is 14.3. The van der Waals surface area contributed by atoms with E-state index in [1.807, 2.05) is 0 Å².